The van der Waals surface area contributed by atoms with E-state index in [1.807, 2.05) is 36.1 Å². The van der Waals surface area contributed by atoms with E-state index in [-0.39, 0.29) is 6.10 Å². The van der Waals surface area contributed by atoms with E-state index in [2.05, 4.69) is 36.9 Å². The summed E-state index contributed by atoms with van der Waals surface area (Å²) in [4.78, 5) is 14.3. The van der Waals surface area contributed by atoms with Crippen LogP contribution >= 0.6 is 0 Å². The number of ether oxygens (including phenoxy) is 1. The summed E-state index contributed by atoms with van der Waals surface area (Å²) in [7, 11) is 0. The van der Waals surface area contributed by atoms with E-state index in [1.54, 1.807) is 0 Å². The molecule has 0 aromatic carbocycles. The van der Waals surface area contributed by atoms with Gasteiger partial charge in [0, 0.05) is 36.0 Å². The van der Waals surface area contributed by atoms with E-state index >= 15 is 0 Å². The third kappa shape index (κ3) is 4.81. The van der Waals surface area contributed by atoms with Crippen molar-refractivity contribution in [2.24, 2.45) is 0 Å². The van der Waals surface area contributed by atoms with Gasteiger partial charge in [-0.2, -0.15) is 5.10 Å². The second-order valence-electron chi connectivity index (χ2n) is 8.57. The Morgan fingerprint density at radius 1 is 1.10 bits per heavy atom. The van der Waals surface area contributed by atoms with Gasteiger partial charge >= 0.3 is 0 Å². The molecule has 6 heteroatoms. The molecule has 154 valence electrons. The van der Waals surface area contributed by atoms with Crippen molar-refractivity contribution in [1.29, 1.82) is 0 Å². The first-order chi connectivity index (χ1) is 14.0. The average Bonchev–Trinajstić information content (AvgIpc) is 3.41. The van der Waals surface area contributed by atoms with Crippen LogP contribution in [0.3, 0.4) is 0 Å². The van der Waals surface area contributed by atoms with Crippen molar-refractivity contribution in [2.45, 2.75) is 77.4 Å². The maximum atomic E-state index is 5.64. The molecule has 2 atom stereocenters. The van der Waals surface area contributed by atoms with Crippen molar-refractivity contribution in [2.75, 3.05) is 6.61 Å². The molecular weight excluding hydrogens is 362 g/mol. The molecule has 2 fully saturated rings. The van der Waals surface area contributed by atoms with Crippen LogP contribution in [0, 0.1) is 6.92 Å². The average molecular weight is 394 g/mol. The minimum absolute atomic E-state index is 0.288. The Balaban J connectivity index is 0.000000211. The summed E-state index contributed by atoms with van der Waals surface area (Å²) >= 11 is 0. The van der Waals surface area contributed by atoms with Crippen LogP contribution in [-0.2, 0) is 4.74 Å². The highest BCUT2D eigenvalue weighted by atomic mass is 16.5. The quantitative estimate of drug-likeness (QED) is 0.629. The minimum Gasteiger partial charge on any atom is -0.378 e. The molecule has 1 saturated carbocycles. The molecule has 1 aliphatic carbocycles. The van der Waals surface area contributed by atoms with E-state index in [0.717, 1.165) is 53.7 Å². The zero-order valence-corrected chi connectivity index (χ0v) is 17.9. The Morgan fingerprint density at radius 2 is 1.93 bits per heavy atom. The zero-order chi connectivity index (χ0) is 20.4. The summed E-state index contributed by atoms with van der Waals surface area (Å²) < 4.78 is 7.67. The lowest BCUT2D eigenvalue weighted by Crippen LogP contribution is -2.23. The number of hydrogen-bond donors (Lipinski definition) is 0. The first kappa shape index (κ1) is 20.0. The fraction of sp³-hybridized carbons (Fsp3) is 0.565. The van der Waals surface area contributed by atoms with Gasteiger partial charge in [0.1, 0.15) is 5.82 Å². The van der Waals surface area contributed by atoms with Gasteiger partial charge in [0.25, 0.3) is 0 Å². The number of aryl methyl sites for hydroxylation is 1. The molecule has 29 heavy (non-hydrogen) atoms. The number of fused-ring (bicyclic) bond motifs is 1. The summed E-state index contributed by atoms with van der Waals surface area (Å²) in [6, 6.07) is 6.85. The van der Waals surface area contributed by atoms with E-state index in [0.29, 0.717) is 11.8 Å². The molecule has 5 rings (SSSR count). The first-order valence-electron chi connectivity index (χ1n) is 10.8. The van der Waals surface area contributed by atoms with E-state index < -0.39 is 0 Å². The summed E-state index contributed by atoms with van der Waals surface area (Å²) in [5.41, 5.74) is 2.95. The van der Waals surface area contributed by atoms with E-state index in [9.17, 15) is 0 Å². The maximum Gasteiger partial charge on any atom is 0.163 e. The predicted molar refractivity (Wildman–Crippen MR) is 114 cm³/mol. The molecule has 1 aliphatic heterocycles. The molecule has 0 bridgehead atoms. The van der Waals surface area contributed by atoms with Crippen LogP contribution < -0.4 is 0 Å². The Labute approximate surface area is 172 Å². The molecule has 6 nitrogen and oxygen atoms in total. The molecule has 0 amide bonds. The van der Waals surface area contributed by atoms with Crippen molar-refractivity contribution >= 4 is 11.0 Å². The van der Waals surface area contributed by atoms with E-state index in [4.69, 9.17) is 14.7 Å². The molecular formula is C23H31N5O. The summed E-state index contributed by atoms with van der Waals surface area (Å²) in [6.07, 6.45) is 8.78. The van der Waals surface area contributed by atoms with Gasteiger partial charge in [0.15, 0.2) is 5.65 Å². The topological polar surface area (TPSA) is 65.7 Å². The van der Waals surface area contributed by atoms with Crippen LogP contribution in [0.2, 0.25) is 0 Å². The van der Waals surface area contributed by atoms with Crippen LogP contribution in [-0.4, -0.2) is 37.4 Å². The lowest BCUT2D eigenvalue weighted by molar-refractivity contribution is 0.0173. The second-order valence-corrected chi connectivity index (χ2v) is 8.57. The Hall–Kier alpha value is -2.34. The number of aromatic nitrogens is 5. The molecule has 0 unspecified atom stereocenters. The van der Waals surface area contributed by atoms with Gasteiger partial charge in [-0.25, -0.2) is 15.0 Å². The molecule has 0 spiro atoms. The summed E-state index contributed by atoms with van der Waals surface area (Å²) in [5, 5.41) is 5.18. The fourth-order valence-corrected chi connectivity index (χ4v) is 3.84. The van der Waals surface area contributed by atoms with Crippen molar-refractivity contribution in [1.82, 2.24) is 24.7 Å². The molecule has 3 aromatic rings. The Kier molecular flexibility index (Phi) is 5.90. The van der Waals surface area contributed by atoms with Crippen molar-refractivity contribution in [3.8, 4) is 0 Å². The minimum atomic E-state index is 0.288. The second kappa shape index (κ2) is 8.57. The highest BCUT2D eigenvalue weighted by Gasteiger charge is 2.25. The van der Waals surface area contributed by atoms with Gasteiger partial charge in [0.2, 0.25) is 0 Å². The summed E-state index contributed by atoms with van der Waals surface area (Å²) in [6.45, 7) is 9.28. The maximum absolute atomic E-state index is 5.64. The van der Waals surface area contributed by atoms with Crippen molar-refractivity contribution in [3.63, 3.8) is 0 Å². The monoisotopic (exact) mass is 393 g/mol. The molecule has 0 radical (unpaired) electrons. The van der Waals surface area contributed by atoms with Gasteiger partial charge in [-0.3, -0.25) is 4.68 Å². The molecule has 3 aromatic heterocycles. The largest absolute Gasteiger partial charge is 0.378 e. The highest BCUT2D eigenvalue weighted by molar-refractivity contribution is 5.78. The van der Waals surface area contributed by atoms with Crippen molar-refractivity contribution in [3.05, 3.63) is 47.8 Å². The molecule has 2 aliphatic rings. The van der Waals surface area contributed by atoms with Crippen LogP contribution in [0.4, 0.5) is 0 Å². The Bertz CT molecular complexity index is 949. The van der Waals surface area contributed by atoms with Gasteiger partial charge in [0.05, 0.1) is 17.8 Å². The molecule has 4 heterocycles. The normalized spacial score (nSPS) is 21.8. The number of nitrogens with zero attached hydrogens (tertiary/aromatic N) is 5. The van der Waals surface area contributed by atoms with Crippen LogP contribution in [0.15, 0.2) is 30.6 Å². The van der Waals surface area contributed by atoms with Gasteiger partial charge in [-0.1, -0.05) is 13.8 Å². The molecule has 0 N–H and O–H groups in total. The number of rotatable bonds is 3. The summed E-state index contributed by atoms with van der Waals surface area (Å²) in [5.74, 6) is 1.70. The van der Waals surface area contributed by atoms with Gasteiger partial charge in [-0.15, -0.1) is 0 Å². The highest BCUT2D eigenvalue weighted by Crippen LogP contribution is 2.33. The van der Waals surface area contributed by atoms with Gasteiger partial charge in [-0.05, 0) is 63.6 Å². The molecule has 1 saturated heterocycles. The van der Waals surface area contributed by atoms with Crippen LogP contribution in [0.5, 0.6) is 0 Å². The number of pyridine rings is 1. The smallest absolute Gasteiger partial charge is 0.163 e. The predicted octanol–water partition coefficient (Wildman–Crippen LogP) is 4.96. The lowest BCUT2D eigenvalue weighted by atomic mass is 9.94. The standard InChI is InChI=1S/C17H23N3O.C6H8N2/c1-10(2)15-14-6-5-11(3)18-17(14)20-16(19-15)13-7-8-21-12(4)9-13;1-4-7-8(5-1)6-2-3-6/h5-6,10,12-13H,7-9H2,1-4H3;1,4-6H,2-3H2/t12-,13-;/m1./s1. The number of hydrogen-bond acceptors (Lipinski definition) is 5. The van der Waals surface area contributed by atoms with Crippen LogP contribution in [0.1, 0.15) is 81.5 Å². The third-order valence-corrected chi connectivity index (χ3v) is 5.59. The SMILES string of the molecule is Cc1ccc2c(C(C)C)nc([C@@H]3CCO[C@H](C)C3)nc2n1.c1cnn(C2CC2)c1. The lowest BCUT2D eigenvalue weighted by Gasteiger charge is -2.26. The third-order valence-electron chi connectivity index (χ3n) is 5.59. The first-order valence-corrected chi connectivity index (χ1v) is 10.8. The van der Waals surface area contributed by atoms with E-state index in [1.165, 1.54) is 12.8 Å². The fourth-order valence-electron chi connectivity index (χ4n) is 3.84. The Morgan fingerprint density at radius 3 is 2.59 bits per heavy atom. The van der Waals surface area contributed by atoms with Crippen LogP contribution in [0.25, 0.3) is 11.0 Å². The zero-order valence-electron chi connectivity index (χ0n) is 17.9. The van der Waals surface area contributed by atoms with Crippen molar-refractivity contribution < 1.29 is 4.74 Å². The van der Waals surface area contributed by atoms with Gasteiger partial charge < -0.3 is 4.74 Å².